The first-order valence-electron chi connectivity index (χ1n) is 7.19. The van der Waals surface area contributed by atoms with Gasteiger partial charge in [-0.25, -0.2) is 0 Å². The molecule has 0 radical (unpaired) electrons. The summed E-state index contributed by atoms with van der Waals surface area (Å²) in [7, 11) is 0. The number of para-hydroxylation sites is 1. The third-order valence-corrected chi connectivity index (χ3v) is 3.56. The molecule has 0 spiro atoms. The molecular formula is C16H25NO2. The van der Waals surface area contributed by atoms with E-state index < -0.39 is 0 Å². The van der Waals surface area contributed by atoms with Crippen LogP contribution in [0.4, 0.5) is 5.69 Å². The standard InChI is InChI=1S/C16H25NO2/c1-4-13(5-2)17(11-12-18)15-10-8-7-9-14(15)16(19)6-3/h7-10,13,18H,4-6,11-12H2,1-3H3. The molecule has 0 amide bonds. The van der Waals surface area contributed by atoms with E-state index in [-0.39, 0.29) is 12.4 Å². The highest BCUT2D eigenvalue weighted by atomic mass is 16.3. The summed E-state index contributed by atoms with van der Waals surface area (Å²) in [6.07, 6.45) is 2.52. The predicted molar refractivity (Wildman–Crippen MR) is 79.9 cm³/mol. The van der Waals surface area contributed by atoms with Crippen LogP contribution in [0.25, 0.3) is 0 Å². The van der Waals surface area contributed by atoms with Crippen molar-refractivity contribution in [2.45, 2.75) is 46.1 Å². The highest BCUT2D eigenvalue weighted by Crippen LogP contribution is 2.25. The number of nitrogens with zero attached hydrogens (tertiary/aromatic N) is 1. The van der Waals surface area contributed by atoms with Gasteiger partial charge in [-0.15, -0.1) is 0 Å². The Labute approximate surface area is 116 Å². The van der Waals surface area contributed by atoms with Crippen molar-refractivity contribution in [2.24, 2.45) is 0 Å². The summed E-state index contributed by atoms with van der Waals surface area (Å²) < 4.78 is 0. The molecule has 3 heteroatoms. The summed E-state index contributed by atoms with van der Waals surface area (Å²) in [5.41, 5.74) is 1.72. The van der Waals surface area contributed by atoms with Gasteiger partial charge in [0.2, 0.25) is 0 Å². The number of carbonyl (C=O) groups excluding carboxylic acids is 1. The van der Waals surface area contributed by atoms with Gasteiger partial charge in [0.25, 0.3) is 0 Å². The second-order valence-electron chi connectivity index (χ2n) is 4.68. The smallest absolute Gasteiger partial charge is 0.164 e. The SMILES string of the molecule is CCC(=O)c1ccccc1N(CCO)C(CC)CC. The normalized spacial score (nSPS) is 10.8. The molecule has 0 unspecified atom stereocenters. The zero-order valence-electron chi connectivity index (χ0n) is 12.2. The van der Waals surface area contributed by atoms with Crippen molar-refractivity contribution in [3.8, 4) is 0 Å². The van der Waals surface area contributed by atoms with E-state index in [2.05, 4.69) is 18.7 Å². The van der Waals surface area contributed by atoms with Crippen molar-refractivity contribution >= 4 is 11.5 Å². The van der Waals surface area contributed by atoms with Crippen molar-refractivity contribution in [3.63, 3.8) is 0 Å². The molecule has 0 heterocycles. The van der Waals surface area contributed by atoms with E-state index in [1.54, 1.807) is 0 Å². The molecule has 0 aliphatic heterocycles. The van der Waals surface area contributed by atoms with Gasteiger partial charge < -0.3 is 10.0 Å². The summed E-state index contributed by atoms with van der Waals surface area (Å²) in [6.45, 7) is 6.84. The van der Waals surface area contributed by atoms with Gasteiger partial charge in [-0.05, 0) is 25.0 Å². The van der Waals surface area contributed by atoms with Crippen LogP contribution in [0.5, 0.6) is 0 Å². The Kier molecular flexibility index (Phi) is 6.57. The van der Waals surface area contributed by atoms with Gasteiger partial charge in [-0.2, -0.15) is 0 Å². The first kappa shape index (κ1) is 15.7. The van der Waals surface area contributed by atoms with Crippen LogP contribution in [-0.4, -0.2) is 30.1 Å². The van der Waals surface area contributed by atoms with E-state index in [0.717, 1.165) is 24.1 Å². The molecule has 0 aliphatic carbocycles. The Morgan fingerprint density at radius 2 is 1.84 bits per heavy atom. The molecule has 1 N–H and O–H groups in total. The Hall–Kier alpha value is -1.35. The zero-order chi connectivity index (χ0) is 14.3. The van der Waals surface area contributed by atoms with Crippen molar-refractivity contribution in [1.29, 1.82) is 0 Å². The Morgan fingerprint density at radius 1 is 1.21 bits per heavy atom. The number of rotatable bonds is 8. The van der Waals surface area contributed by atoms with Gasteiger partial charge in [0, 0.05) is 30.3 Å². The lowest BCUT2D eigenvalue weighted by Gasteiger charge is -2.33. The van der Waals surface area contributed by atoms with Crippen LogP contribution < -0.4 is 4.90 Å². The van der Waals surface area contributed by atoms with E-state index in [9.17, 15) is 9.90 Å². The van der Waals surface area contributed by atoms with E-state index in [1.165, 1.54) is 0 Å². The minimum atomic E-state index is 0.102. The lowest BCUT2D eigenvalue weighted by molar-refractivity contribution is 0.0988. The molecule has 19 heavy (non-hydrogen) atoms. The third kappa shape index (κ3) is 3.80. The lowest BCUT2D eigenvalue weighted by Crippen LogP contribution is -2.37. The lowest BCUT2D eigenvalue weighted by atomic mass is 10.0. The molecule has 0 aliphatic rings. The number of hydrogen-bond acceptors (Lipinski definition) is 3. The number of aliphatic hydroxyl groups is 1. The average Bonchev–Trinajstić information content (AvgIpc) is 2.46. The van der Waals surface area contributed by atoms with E-state index >= 15 is 0 Å². The third-order valence-electron chi connectivity index (χ3n) is 3.56. The van der Waals surface area contributed by atoms with Gasteiger partial charge in [-0.1, -0.05) is 32.9 Å². The number of aliphatic hydroxyl groups excluding tert-OH is 1. The summed E-state index contributed by atoms with van der Waals surface area (Å²) in [6, 6.07) is 8.08. The Balaban J connectivity index is 3.18. The Bertz CT molecular complexity index is 399. The molecule has 1 aromatic carbocycles. The summed E-state index contributed by atoms with van der Waals surface area (Å²) >= 11 is 0. The monoisotopic (exact) mass is 263 g/mol. The second kappa shape index (κ2) is 7.95. The molecular weight excluding hydrogens is 238 g/mol. The van der Waals surface area contributed by atoms with Crippen LogP contribution >= 0.6 is 0 Å². The van der Waals surface area contributed by atoms with Gasteiger partial charge in [0.1, 0.15) is 0 Å². The number of Topliss-reactive ketones (excluding diaryl/α,β-unsaturated/α-hetero) is 1. The highest BCUT2D eigenvalue weighted by Gasteiger charge is 2.20. The number of ketones is 1. The fourth-order valence-electron chi connectivity index (χ4n) is 2.49. The molecule has 0 saturated heterocycles. The molecule has 0 saturated carbocycles. The van der Waals surface area contributed by atoms with Gasteiger partial charge >= 0.3 is 0 Å². The van der Waals surface area contributed by atoms with E-state index in [0.29, 0.717) is 19.0 Å². The maximum Gasteiger partial charge on any atom is 0.164 e. The molecule has 0 aromatic heterocycles. The summed E-state index contributed by atoms with van der Waals surface area (Å²) in [5, 5.41) is 9.30. The first-order valence-corrected chi connectivity index (χ1v) is 7.19. The molecule has 1 aromatic rings. The van der Waals surface area contributed by atoms with Gasteiger partial charge in [-0.3, -0.25) is 4.79 Å². The quantitative estimate of drug-likeness (QED) is 0.732. The number of carbonyl (C=O) groups is 1. The highest BCUT2D eigenvalue weighted by molar-refractivity contribution is 6.01. The maximum absolute atomic E-state index is 12.1. The average molecular weight is 263 g/mol. The predicted octanol–water partition coefficient (Wildman–Crippen LogP) is 3.27. The van der Waals surface area contributed by atoms with E-state index in [1.807, 2.05) is 31.2 Å². The number of anilines is 1. The van der Waals surface area contributed by atoms with Crippen LogP contribution in [0.2, 0.25) is 0 Å². The van der Waals surface area contributed by atoms with Gasteiger partial charge in [0.15, 0.2) is 5.78 Å². The van der Waals surface area contributed by atoms with Crippen LogP contribution in [-0.2, 0) is 0 Å². The topological polar surface area (TPSA) is 40.5 Å². The molecule has 0 fully saturated rings. The summed E-state index contributed by atoms with van der Waals surface area (Å²) in [5.74, 6) is 0.157. The largest absolute Gasteiger partial charge is 0.395 e. The van der Waals surface area contributed by atoms with Gasteiger partial charge in [0.05, 0.1) is 6.61 Å². The summed E-state index contributed by atoms with van der Waals surface area (Å²) in [4.78, 5) is 14.2. The molecule has 0 bridgehead atoms. The first-order chi connectivity index (χ1) is 9.19. The molecule has 0 atom stereocenters. The molecule has 1 rings (SSSR count). The molecule has 106 valence electrons. The minimum Gasteiger partial charge on any atom is -0.395 e. The van der Waals surface area contributed by atoms with Crippen LogP contribution in [0.3, 0.4) is 0 Å². The number of hydrogen-bond donors (Lipinski definition) is 1. The van der Waals surface area contributed by atoms with Crippen LogP contribution in [0.1, 0.15) is 50.4 Å². The van der Waals surface area contributed by atoms with Crippen molar-refractivity contribution in [1.82, 2.24) is 0 Å². The second-order valence-corrected chi connectivity index (χ2v) is 4.68. The number of benzene rings is 1. The fourth-order valence-corrected chi connectivity index (χ4v) is 2.49. The fraction of sp³-hybridized carbons (Fsp3) is 0.562. The van der Waals surface area contributed by atoms with E-state index in [4.69, 9.17) is 0 Å². The van der Waals surface area contributed by atoms with Crippen molar-refractivity contribution in [3.05, 3.63) is 29.8 Å². The van der Waals surface area contributed by atoms with Crippen LogP contribution in [0, 0.1) is 0 Å². The van der Waals surface area contributed by atoms with Crippen molar-refractivity contribution in [2.75, 3.05) is 18.1 Å². The molecule has 3 nitrogen and oxygen atoms in total. The van der Waals surface area contributed by atoms with Crippen molar-refractivity contribution < 1.29 is 9.90 Å². The van der Waals surface area contributed by atoms with Crippen LogP contribution in [0.15, 0.2) is 24.3 Å². The zero-order valence-corrected chi connectivity index (χ0v) is 12.2. The minimum absolute atomic E-state index is 0.102. The maximum atomic E-state index is 12.1. The Morgan fingerprint density at radius 3 is 2.37 bits per heavy atom.